The molecule has 0 aliphatic carbocycles. The highest BCUT2D eigenvalue weighted by Crippen LogP contribution is 2.28. The zero-order valence-electron chi connectivity index (χ0n) is 13.5. The van der Waals surface area contributed by atoms with Gasteiger partial charge in [0.1, 0.15) is 5.75 Å². The van der Waals surface area contributed by atoms with Crippen molar-refractivity contribution in [2.24, 2.45) is 5.92 Å². The van der Waals surface area contributed by atoms with Crippen LogP contribution in [0.4, 0.5) is 0 Å². The Labute approximate surface area is 141 Å². The number of nitrogens with zero attached hydrogens (tertiary/aromatic N) is 3. The summed E-state index contributed by atoms with van der Waals surface area (Å²) in [5, 5.41) is 8.73. The maximum Gasteiger partial charge on any atom is 0.233 e. The second kappa shape index (κ2) is 7.32. The van der Waals surface area contributed by atoms with Crippen LogP contribution in [0.2, 0.25) is 5.02 Å². The van der Waals surface area contributed by atoms with Crippen LogP contribution in [0.5, 0.6) is 5.75 Å². The molecule has 2 aromatic rings. The lowest BCUT2D eigenvalue weighted by Gasteiger charge is -2.35. The predicted molar refractivity (Wildman–Crippen MR) is 88.7 cm³/mol. The summed E-state index contributed by atoms with van der Waals surface area (Å²) in [4.78, 5) is 2.39. The highest BCUT2D eigenvalue weighted by molar-refractivity contribution is 6.32. The summed E-state index contributed by atoms with van der Waals surface area (Å²) in [5.74, 6) is 2.54. The van der Waals surface area contributed by atoms with E-state index >= 15 is 0 Å². The molecule has 1 aromatic carbocycles. The molecule has 1 aromatic heterocycles. The molecule has 1 aliphatic heterocycles. The summed E-state index contributed by atoms with van der Waals surface area (Å²) < 4.78 is 11.5. The minimum absolute atomic E-state index is 0.138. The minimum Gasteiger partial charge on any atom is -0.492 e. The smallest absolute Gasteiger partial charge is 0.233 e. The molecule has 2 heterocycles. The van der Waals surface area contributed by atoms with Gasteiger partial charge in [0.15, 0.2) is 0 Å². The first-order valence-electron chi connectivity index (χ1n) is 8.05. The second-order valence-corrected chi connectivity index (χ2v) is 6.49. The van der Waals surface area contributed by atoms with Gasteiger partial charge in [-0.05, 0) is 38.4 Å². The third kappa shape index (κ3) is 4.03. The van der Waals surface area contributed by atoms with Gasteiger partial charge in [0.05, 0.1) is 17.7 Å². The number of rotatable bonds is 5. The third-order valence-electron chi connectivity index (χ3n) is 4.31. The van der Waals surface area contributed by atoms with Crippen LogP contribution in [-0.4, -0.2) is 34.8 Å². The van der Waals surface area contributed by atoms with E-state index in [0.717, 1.165) is 31.7 Å². The number of likely N-dealkylation sites (tertiary alicyclic amines) is 1. The van der Waals surface area contributed by atoms with Gasteiger partial charge in [-0.3, -0.25) is 4.90 Å². The molecule has 124 valence electrons. The summed E-state index contributed by atoms with van der Waals surface area (Å²) in [7, 11) is 0. The molecule has 0 spiro atoms. The maximum atomic E-state index is 6.14. The number of aromatic nitrogens is 2. The first-order valence-corrected chi connectivity index (χ1v) is 8.42. The van der Waals surface area contributed by atoms with Gasteiger partial charge >= 0.3 is 0 Å². The fourth-order valence-electron chi connectivity index (χ4n) is 2.99. The van der Waals surface area contributed by atoms with Gasteiger partial charge in [-0.1, -0.05) is 23.7 Å². The van der Waals surface area contributed by atoms with Crippen LogP contribution in [0.3, 0.4) is 0 Å². The molecule has 0 radical (unpaired) electrons. The van der Waals surface area contributed by atoms with Crippen LogP contribution in [0.1, 0.15) is 37.6 Å². The lowest BCUT2D eigenvalue weighted by atomic mass is 9.97. The van der Waals surface area contributed by atoms with Crippen LogP contribution in [0.25, 0.3) is 0 Å². The molecule has 23 heavy (non-hydrogen) atoms. The van der Waals surface area contributed by atoms with Gasteiger partial charge in [0.25, 0.3) is 0 Å². The van der Waals surface area contributed by atoms with Gasteiger partial charge in [-0.2, -0.15) is 0 Å². The van der Waals surface area contributed by atoms with Crippen molar-refractivity contribution in [3.05, 3.63) is 41.1 Å². The Morgan fingerprint density at radius 3 is 2.96 bits per heavy atom. The Morgan fingerprint density at radius 1 is 1.39 bits per heavy atom. The number of hydrogen-bond acceptors (Lipinski definition) is 5. The molecule has 0 saturated carbocycles. The van der Waals surface area contributed by atoms with E-state index in [0.29, 0.717) is 29.3 Å². The number of piperidine rings is 1. The molecule has 0 bridgehead atoms. The van der Waals surface area contributed by atoms with Gasteiger partial charge < -0.3 is 9.15 Å². The van der Waals surface area contributed by atoms with E-state index in [9.17, 15) is 0 Å². The van der Waals surface area contributed by atoms with E-state index in [1.165, 1.54) is 0 Å². The number of para-hydroxylation sites is 1. The number of ether oxygens (including phenoxy) is 1. The fraction of sp³-hybridized carbons (Fsp3) is 0.529. The fourth-order valence-corrected chi connectivity index (χ4v) is 3.18. The molecule has 1 fully saturated rings. The Bertz CT molecular complexity index is 646. The molecule has 5 nitrogen and oxygen atoms in total. The molecular weight excluding hydrogens is 314 g/mol. The van der Waals surface area contributed by atoms with E-state index < -0.39 is 0 Å². The second-order valence-electron chi connectivity index (χ2n) is 6.08. The average Bonchev–Trinajstić information content (AvgIpc) is 3.00. The monoisotopic (exact) mass is 335 g/mol. The zero-order valence-corrected chi connectivity index (χ0v) is 14.3. The third-order valence-corrected chi connectivity index (χ3v) is 4.62. The van der Waals surface area contributed by atoms with E-state index in [1.54, 1.807) is 0 Å². The number of hydrogen-bond donors (Lipinski definition) is 0. The van der Waals surface area contributed by atoms with Crippen molar-refractivity contribution in [1.29, 1.82) is 0 Å². The first-order chi connectivity index (χ1) is 11.1. The minimum atomic E-state index is 0.138. The van der Waals surface area contributed by atoms with E-state index in [2.05, 4.69) is 22.0 Å². The van der Waals surface area contributed by atoms with Crippen molar-refractivity contribution < 1.29 is 9.15 Å². The van der Waals surface area contributed by atoms with Gasteiger partial charge in [-0.25, -0.2) is 0 Å². The molecule has 1 aliphatic rings. The topological polar surface area (TPSA) is 51.4 Å². The Hall–Kier alpha value is -1.59. The molecule has 3 rings (SSSR count). The quantitative estimate of drug-likeness (QED) is 0.829. The van der Waals surface area contributed by atoms with Crippen LogP contribution in [0.15, 0.2) is 28.7 Å². The Kier molecular flexibility index (Phi) is 5.18. The van der Waals surface area contributed by atoms with Crippen molar-refractivity contribution >= 4 is 11.6 Å². The van der Waals surface area contributed by atoms with E-state index in [-0.39, 0.29) is 6.04 Å². The first kappa shape index (κ1) is 16.3. The molecule has 2 atom stereocenters. The van der Waals surface area contributed by atoms with Gasteiger partial charge in [0.2, 0.25) is 11.8 Å². The van der Waals surface area contributed by atoms with Crippen LogP contribution in [0, 0.1) is 12.8 Å². The lowest BCUT2D eigenvalue weighted by Crippen LogP contribution is -2.39. The number of halogens is 1. The molecule has 0 amide bonds. The summed E-state index contributed by atoms with van der Waals surface area (Å²) >= 11 is 6.14. The van der Waals surface area contributed by atoms with Crippen LogP contribution in [-0.2, 0) is 0 Å². The Balaban J connectivity index is 1.57. The van der Waals surface area contributed by atoms with Gasteiger partial charge in [-0.15, -0.1) is 10.2 Å². The van der Waals surface area contributed by atoms with Crippen molar-refractivity contribution in [3.8, 4) is 5.75 Å². The van der Waals surface area contributed by atoms with Crippen LogP contribution >= 0.6 is 11.6 Å². The zero-order chi connectivity index (χ0) is 16.2. The van der Waals surface area contributed by atoms with Crippen molar-refractivity contribution in [1.82, 2.24) is 15.1 Å². The Morgan fingerprint density at radius 2 is 2.22 bits per heavy atom. The molecular formula is C17H22ClN3O2. The summed E-state index contributed by atoms with van der Waals surface area (Å²) in [6, 6.07) is 7.75. The van der Waals surface area contributed by atoms with Crippen LogP contribution < -0.4 is 4.74 Å². The normalized spacial score (nSPS) is 20.4. The predicted octanol–water partition coefficient (Wildman–Crippen LogP) is 3.88. The van der Waals surface area contributed by atoms with E-state index in [1.807, 2.05) is 31.2 Å². The lowest BCUT2D eigenvalue weighted by molar-refractivity contribution is 0.0895. The summed E-state index contributed by atoms with van der Waals surface area (Å²) in [5.41, 5.74) is 0. The molecule has 1 saturated heterocycles. The summed E-state index contributed by atoms with van der Waals surface area (Å²) in [6.45, 7) is 6.62. The average molecular weight is 336 g/mol. The molecule has 0 unspecified atom stereocenters. The van der Waals surface area contributed by atoms with E-state index in [4.69, 9.17) is 20.8 Å². The largest absolute Gasteiger partial charge is 0.492 e. The number of benzene rings is 1. The van der Waals surface area contributed by atoms with Crippen molar-refractivity contribution in [2.75, 3.05) is 19.7 Å². The SMILES string of the molecule is Cc1nnc([C@@H](C)N2CCC[C@@H](COc3ccccc3Cl)C2)o1. The van der Waals surface area contributed by atoms with Crippen molar-refractivity contribution in [2.45, 2.75) is 32.7 Å². The number of aryl methyl sites for hydroxylation is 1. The standard InChI is InChI=1S/C17H22ClN3O2/c1-12(17-20-19-13(2)23-17)21-9-5-6-14(10-21)11-22-16-8-4-3-7-15(16)18/h3-4,7-8,12,14H,5-6,9-11H2,1-2H3/t12-,14-/m1/s1. The van der Waals surface area contributed by atoms with Gasteiger partial charge in [0, 0.05) is 19.4 Å². The highest BCUT2D eigenvalue weighted by atomic mass is 35.5. The van der Waals surface area contributed by atoms with Crippen molar-refractivity contribution in [3.63, 3.8) is 0 Å². The summed E-state index contributed by atoms with van der Waals surface area (Å²) in [6.07, 6.45) is 2.31. The maximum absolute atomic E-state index is 6.14. The molecule has 6 heteroatoms. The highest BCUT2D eigenvalue weighted by Gasteiger charge is 2.27. The molecule has 0 N–H and O–H groups in total.